The van der Waals surface area contributed by atoms with Crippen molar-refractivity contribution in [2.45, 2.75) is 32.7 Å². The lowest BCUT2D eigenvalue weighted by molar-refractivity contribution is -0.133. The van der Waals surface area contributed by atoms with E-state index < -0.39 is 11.6 Å². The first-order chi connectivity index (χ1) is 11.9. The first-order valence-corrected chi connectivity index (χ1v) is 8.60. The summed E-state index contributed by atoms with van der Waals surface area (Å²) in [6.45, 7) is 5.68. The highest BCUT2D eigenvalue weighted by atomic mass is 19.1. The third-order valence-electron chi connectivity index (χ3n) is 4.26. The molecule has 138 valence electrons. The Bertz CT molecular complexity index is 634. The van der Waals surface area contributed by atoms with Gasteiger partial charge in [-0.1, -0.05) is 19.9 Å². The molecule has 1 unspecified atom stereocenters. The largest absolute Gasteiger partial charge is 0.356 e. The second-order valence-electron chi connectivity index (χ2n) is 6.55. The van der Waals surface area contributed by atoms with E-state index in [2.05, 4.69) is 15.6 Å². The summed E-state index contributed by atoms with van der Waals surface area (Å²) < 4.78 is 26.5. The number of rotatable bonds is 5. The number of amides is 1. The maximum Gasteiger partial charge on any atom is 0.225 e. The van der Waals surface area contributed by atoms with Gasteiger partial charge < -0.3 is 15.5 Å². The summed E-state index contributed by atoms with van der Waals surface area (Å²) in [5.41, 5.74) is 0.457. The van der Waals surface area contributed by atoms with Gasteiger partial charge in [0.05, 0.1) is 0 Å². The van der Waals surface area contributed by atoms with E-state index in [0.29, 0.717) is 31.0 Å². The number of guanidine groups is 1. The lowest BCUT2D eigenvalue weighted by Gasteiger charge is -2.20. The molecule has 1 aromatic carbocycles. The van der Waals surface area contributed by atoms with Crippen molar-refractivity contribution in [2.24, 2.45) is 10.9 Å². The number of nitrogens with one attached hydrogen (secondary N) is 2. The highest BCUT2D eigenvalue weighted by Crippen LogP contribution is 2.13. The molecule has 0 aromatic heterocycles. The van der Waals surface area contributed by atoms with Crippen LogP contribution in [0.4, 0.5) is 8.78 Å². The maximum atomic E-state index is 13.6. The molecule has 1 aliphatic heterocycles. The first-order valence-electron chi connectivity index (χ1n) is 8.60. The first kappa shape index (κ1) is 19.1. The van der Waals surface area contributed by atoms with E-state index in [1.165, 1.54) is 12.1 Å². The molecule has 7 heteroatoms. The summed E-state index contributed by atoms with van der Waals surface area (Å²) in [4.78, 5) is 18.0. The van der Waals surface area contributed by atoms with Crippen LogP contribution >= 0.6 is 0 Å². The minimum atomic E-state index is -0.576. The minimum absolute atomic E-state index is 0.00166. The van der Waals surface area contributed by atoms with Crippen LogP contribution in [0, 0.1) is 17.6 Å². The van der Waals surface area contributed by atoms with Gasteiger partial charge in [0.2, 0.25) is 5.91 Å². The Balaban J connectivity index is 1.79. The number of carbonyl (C=O) groups is 1. The molecule has 2 rings (SSSR count). The van der Waals surface area contributed by atoms with Crippen LogP contribution in [0.25, 0.3) is 0 Å². The van der Waals surface area contributed by atoms with Gasteiger partial charge in [-0.05, 0) is 24.5 Å². The highest BCUT2D eigenvalue weighted by Gasteiger charge is 2.27. The molecular weight excluding hydrogens is 326 g/mol. The number of halogens is 2. The Morgan fingerprint density at radius 1 is 1.40 bits per heavy atom. The molecule has 0 spiro atoms. The molecule has 0 saturated carbocycles. The molecule has 5 nitrogen and oxygen atoms in total. The maximum absolute atomic E-state index is 13.6. The number of carbonyl (C=O) groups excluding carboxylic acids is 1. The molecule has 2 N–H and O–H groups in total. The normalized spacial score (nSPS) is 17.9. The van der Waals surface area contributed by atoms with Crippen molar-refractivity contribution in [1.29, 1.82) is 0 Å². The zero-order valence-corrected chi connectivity index (χ0v) is 15.0. The predicted octanol–water partition coefficient (Wildman–Crippen LogP) is 1.93. The van der Waals surface area contributed by atoms with E-state index >= 15 is 0 Å². The fourth-order valence-corrected chi connectivity index (χ4v) is 2.87. The number of nitrogens with zero attached hydrogens (tertiary/aromatic N) is 2. The quantitative estimate of drug-likeness (QED) is 0.629. The monoisotopic (exact) mass is 352 g/mol. The summed E-state index contributed by atoms with van der Waals surface area (Å²) in [6, 6.07) is 3.75. The van der Waals surface area contributed by atoms with Gasteiger partial charge in [-0.15, -0.1) is 0 Å². The van der Waals surface area contributed by atoms with E-state index in [4.69, 9.17) is 0 Å². The molecule has 1 atom stereocenters. The standard InChI is InChI=1S/C18H26F2N4O/c1-12(2)17(25)24-9-7-15(11-24)23-18(21-3)22-8-6-13-4-5-14(19)10-16(13)20/h4-5,10,12,15H,6-9,11H2,1-3H3,(H2,21,22,23). The van der Waals surface area contributed by atoms with Crippen molar-refractivity contribution in [3.63, 3.8) is 0 Å². The Hall–Kier alpha value is -2.18. The molecule has 0 radical (unpaired) electrons. The van der Waals surface area contributed by atoms with Crippen LogP contribution in [0.15, 0.2) is 23.2 Å². The van der Waals surface area contributed by atoms with Crippen molar-refractivity contribution in [1.82, 2.24) is 15.5 Å². The number of hydrogen-bond acceptors (Lipinski definition) is 2. The smallest absolute Gasteiger partial charge is 0.225 e. The Morgan fingerprint density at radius 3 is 2.80 bits per heavy atom. The second-order valence-corrected chi connectivity index (χ2v) is 6.55. The van der Waals surface area contributed by atoms with E-state index in [1.54, 1.807) is 7.05 Å². The van der Waals surface area contributed by atoms with Crippen molar-refractivity contribution in [2.75, 3.05) is 26.7 Å². The second kappa shape index (κ2) is 8.78. The number of hydrogen-bond donors (Lipinski definition) is 2. The van der Waals surface area contributed by atoms with Crippen LogP contribution in [-0.4, -0.2) is 49.5 Å². The fraction of sp³-hybridized carbons (Fsp3) is 0.556. The average molecular weight is 352 g/mol. The third-order valence-corrected chi connectivity index (χ3v) is 4.26. The van der Waals surface area contributed by atoms with Gasteiger partial charge in [-0.2, -0.15) is 0 Å². The van der Waals surface area contributed by atoms with Crippen LogP contribution in [0.5, 0.6) is 0 Å². The van der Waals surface area contributed by atoms with Crippen LogP contribution in [0.2, 0.25) is 0 Å². The molecule has 1 fully saturated rings. The predicted molar refractivity (Wildman–Crippen MR) is 94.4 cm³/mol. The lowest BCUT2D eigenvalue weighted by atomic mass is 10.1. The van der Waals surface area contributed by atoms with E-state index in [0.717, 1.165) is 19.0 Å². The summed E-state index contributed by atoms with van der Waals surface area (Å²) >= 11 is 0. The third kappa shape index (κ3) is 5.41. The zero-order chi connectivity index (χ0) is 18.4. The lowest BCUT2D eigenvalue weighted by Crippen LogP contribution is -2.45. The Labute approximate surface area is 147 Å². The van der Waals surface area contributed by atoms with E-state index in [1.807, 2.05) is 18.7 Å². The van der Waals surface area contributed by atoms with E-state index in [-0.39, 0.29) is 17.9 Å². The highest BCUT2D eigenvalue weighted by molar-refractivity contribution is 5.81. The van der Waals surface area contributed by atoms with Crippen molar-refractivity contribution in [3.8, 4) is 0 Å². The molecular formula is C18H26F2N4O. The molecule has 0 aliphatic carbocycles. The zero-order valence-electron chi connectivity index (χ0n) is 15.0. The molecule has 25 heavy (non-hydrogen) atoms. The average Bonchev–Trinajstić information content (AvgIpc) is 3.03. The number of benzene rings is 1. The van der Waals surface area contributed by atoms with Gasteiger partial charge in [0.1, 0.15) is 11.6 Å². The molecule has 1 saturated heterocycles. The van der Waals surface area contributed by atoms with Gasteiger partial charge in [-0.25, -0.2) is 8.78 Å². The topological polar surface area (TPSA) is 56.7 Å². The summed E-state index contributed by atoms with van der Waals surface area (Å²) in [6.07, 6.45) is 1.29. The van der Waals surface area contributed by atoms with E-state index in [9.17, 15) is 13.6 Å². The van der Waals surface area contributed by atoms with Crippen LogP contribution in [0.1, 0.15) is 25.8 Å². The van der Waals surface area contributed by atoms with Gasteiger partial charge in [0.25, 0.3) is 0 Å². The Morgan fingerprint density at radius 2 is 2.16 bits per heavy atom. The molecule has 0 bridgehead atoms. The summed E-state index contributed by atoms with van der Waals surface area (Å²) in [7, 11) is 1.67. The van der Waals surface area contributed by atoms with Crippen LogP contribution in [-0.2, 0) is 11.2 Å². The SMILES string of the molecule is CN=C(NCCc1ccc(F)cc1F)NC1CCN(C(=O)C(C)C)C1. The van der Waals surface area contributed by atoms with Crippen molar-refractivity contribution >= 4 is 11.9 Å². The van der Waals surface area contributed by atoms with Crippen LogP contribution in [0.3, 0.4) is 0 Å². The summed E-state index contributed by atoms with van der Waals surface area (Å²) in [5.74, 6) is -0.330. The van der Waals surface area contributed by atoms with Gasteiger partial charge in [0, 0.05) is 44.7 Å². The van der Waals surface area contributed by atoms with Crippen molar-refractivity contribution in [3.05, 3.63) is 35.4 Å². The minimum Gasteiger partial charge on any atom is -0.356 e. The Kier molecular flexibility index (Phi) is 6.73. The molecule has 1 heterocycles. The number of likely N-dealkylation sites (tertiary alicyclic amines) is 1. The molecule has 1 amide bonds. The van der Waals surface area contributed by atoms with Crippen molar-refractivity contribution < 1.29 is 13.6 Å². The van der Waals surface area contributed by atoms with Gasteiger partial charge in [0.15, 0.2) is 5.96 Å². The van der Waals surface area contributed by atoms with Gasteiger partial charge >= 0.3 is 0 Å². The molecule has 1 aromatic rings. The summed E-state index contributed by atoms with van der Waals surface area (Å²) in [5, 5.41) is 6.42. The van der Waals surface area contributed by atoms with Crippen LogP contribution < -0.4 is 10.6 Å². The molecule has 1 aliphatic rings. The van der Waals surface area contributed by atoms with Gasteiger partial charge in [-0.3, -0.25) is 9.79 Å². The fourth-order valence-electron chi connectivity index (χ4n) is 2.87. The number of aliphatic imine (C=N–C) groups is 1.